The molecule has 6 heteroatoms. The summed E-state index contributed by atoms with van der Waals surface area (Å²) in [6.45, 7) is 0. The van der Waals surface area contributed by atoms with E-state index in [2.05, 4.69) is 20.6 Å². The van der Waals surface area contributed by atoms with Gasteiger partial charge in [-0.3, -0.25) is 14.9 Å². The SMILES string of the molecule is CNC(=O)C(=O)Nc1ncccn1. The molecule has 68 valence electrons. The van der Waals surface area contributed by atoms with Crippen molar-refractivity contribution in [3.05, 3.63) is 18.5 Å². The first-order chi connectivity index (χ1) is 6.24. The summed E-state index contributed by atoms with van der Waals surface area (Å²) in [5, 5.41) is 4.40. The normalized spacial score (nSPS) is 9.00. The number of carbonyl (C=O) groups is 2. The van der Waals surface area contributed by atoms with Crippen LogP contribution >= 0.6 is 0 Å². The lowest BCUT2D eigenvalue weighted by Crippen LogP contribution is -2.33. The first kappa shape index (κ1) is 9.11. The number of likely N-dealkylation sites (N-methyl/N-ethyl adjacent to an activating group) is 1. The predicted molar refractivity (Wildman–Crippen MR) is 44.7 cm³/mol. The molecule has 6 nitrogen and oxygen atoms in total. The minimum atomic E-state index is -0.784. The minimum Gasteiger partial charge on any atom is -0.351 e. The molecule has 1 rings (SSSR count). The van der Waals surface area contributed by atoms with E-state index in [1.54, 1.807) is 6.07 Å². The van der Waals surface area contributed by atoms with Gasteiger partial charge in [0.1, 0.15) is 0 Å². The van der Waals surface area contributed by atoms with E-state index in [4.69, 9.17) is 0 Å². The maximum absolute atomic E-state index is 10.9. The number of hydrogen-bond acceptors (Lipinski definition) is 4. The molecule has 13 heavy (non-hydrogen) atoms. The molecule has 0 aliphatic heterocycles. The lowest BCUT2D eigenvalue weighted by molar-refractivity contribution is -0.135. The van der Waals surface area contributed by atoms with Gasteiger partial charge < -0.3 is 5.32 Å². The number of nitrogens with zero attached hydrogens (tertiary/aromatic N) is 2. The van der Waals surface area contributed by atoms with Crippen LogP contribution in [0.25, 0.3) is 0 Å². The zero-order valence-corrected chi connectivity index (χ0v) is 6.94. The average molecular weight is 180 g/mol. The van der Waals surface area contributed by atoms with Gasteiger partial charge in [0.15, 0.2) is 0 Å². The van der Waals surface area contributed by atoms with Crippen LogP contribution in [0.15, 0.2) is 18.5 Å². The predicted octanol–water partition coefficient (Wildman–Crippen LogP) is -0.839. The fourth-order valence-electron chi connectivity index (χ4n) is 0.635. The third-order valence-corrected chi connectivity index (χ3v) is 1.22. The van der Waals surface area contributed by atoms with E-state index >= 15 is 0 Å². The number of anilines is 1. The van der Waals surface area contributed by atoms with Crippen molar-refractivity contribution in [2.24, 2.45) is 0 Å². The quantitative estimate of drug-likeness (QED) is 0.552. The molecule has 0 aromatic carbocycles. The molecule has 0 aliphatic rings. The molecule has 2 amide bonds. The third kappa shape index (κ3) is 2.51. The van der Waals surface area contributed by atoms with Crippen molar-refractivity contribution in [2.75, 3.05) is 12.4 Å². The molecule has 0 bridgehead atoms. The summed E-state index contributed by atoms with van der Waals surface area (Å²) >= 11 is 0. The molecule has 0 saturated carbocycles. The number of hydrogen-bond donors (Lipinski definition) is 2. The summed E-state index contributed by atoms with van der Waals surface area (Å²) in [4.78, 5) is 29.1. The second-order valence-electron chi connectivity index (χ2n) is 2.11. The van der Waals surface area contributed by atoms with Crippen LogP contribution in [-0.4, -0.2) is 28.8 Å². The maximum atomic E-state index is 10.9. The van der Waals surface area contributed by atoms with Gasteiger partial charge in [-0.25, -0.2) is 9.97 Å². The van der Waals surface area contributed by atoms with Crippen LogP contribution in [0.5, 0.6) is 0 Å². The highest BCUT2D eigenvalue weighted by Gasteiger charge is 2.11. The van der Waals surface area contributed by atoms with Crippen molar-refractivity contribution in [1.82, 2.24) is 15.3 Å². The summed E-state index contributed by atoms with van der Waals surface area (Å²) in [6, 6.07) is 1.61. The Morgan fingerprint density at radius 2 is 1.85 bits per heavy atom. The number of aromatic nitrogens is 2. The van der Waals surface area contributed by atoms with Gasteiger partial charge in [0.2, 0.25) is 5.95 Å². The van der Waals surface area contributed by atoms with E-state index in [0.717, 1.165) is 0 Å². The van der Waals surface area contributed by atoms with Crippen LogP contribution in [0.4, 0.5) is 5.95 Å². The van der Waals surface area contributed by atoms with E-state index in [-0.39, 0.29) is 5.95 Å². The fraction of sp³-hybridized carbons (Fsp3) is 0.143. The summed E-state index contributed by atoms with van der Waals surface area (Å²) in [5.74, 6) is -1.41. The Balaban J connectivity index is 2.60. The van der Waals surface area contributed by atoms with Crippen molar-refractivity contribution in [1.29, 1.82) is 0 Å². The fourth-order valence-corrected chi connectivity index (χ4v) is 0.635. The molecular weight excluding hydrogens is 172 g/mol. The lowest BCUT2D eigenvalue weighted by atomic mass is 10.5. The van der Waals surface area contributed by atoms with Crippen LogP contribution < -0.4 is 10.6 Å². The second-order valence-corrected chi connectivity index (χ2v) is 2.11. The van der Waals surface area contributed by atoms with Gasteiger partial charge in [-0.15, -0.1) is 0 Å². The molecule has 1 aromatic heterocycles. The number of nitrogens with one attached hydrogen (secondary N) is 2. The topological polar surface area (TPSA) is 84.0 Å². The van der Waals surface area contributed by atoms with Gasteiger partial charge >= 0.3 is 11.8 Å². The highest BCUT2D eigenvalue weighted by Crippen LogP contribution is 1.92. The Bertz CT molecular complexity index is 312. The van der Waals surface area contributed by atoms with Crippen LogP contribution in [0.3, 0.4) is 0 Å². The lowest BCUT2D eigenvalue weighted by Gasteiger charge is -2.00. The van der Waals surface area contributed by atoms with Gasteiger partial charge in [-0.2, -0.15) is 0 Å². The van der Waals surface area contributed by atoms with Gasteiger partial charge in [-0.05, 0) is 6.07 Å². The molecule has 0 radical (unpaired) electrons. The standard InChI is InChI=1S/C7H8N4O2/c1-8-5(12)6(13)11-7-9-3-2-4-10-7/h2-4H,1H3,(H,8,12)(H,9,10,11,13). The molecule has 0 saturated heterocycles. The van der Waals surface area contributed by atoms with Crippen LogP contribution in [0, 0.1) is 0 Å². The second kappa shape index (κ2) is 4.15. The zero-order valence-electron chi connectivity index (χ0n) is 6.94. The highest BCUT2D eigenvalue weighted by atomic mass is 16.2. The van der Waals surface area contributed by atoms with E-state index in [1.165, 1.54) is 19.4 Å². The molecule has 1 aromatic rings. The first-order valence-electron chi connectivity index (χ1n) is 3.54. The van der Waals surface area contributed by atoms with Gasteiger partial charge in [-0.1, -0.05) is 0 Å². The van der Waals surface area contributed by atoms with Crippen molar-refractivity contribution in [2.45, 2.75) is 0 Å². The zero-order chi connectivity index (χ0) is 9.68. The van der Waals surface area contributed by atoms with Crippen LogP contribution in [-0.2, 0) is 9.59 Å². The summed E-state index contributed by atoms with van der Waals surface area (Å²) in [5.41, 5.74) is 0. The molecule has 0 atom stereocenters. The molecule has 0 spiro atoms. The molecule has 1 heterocycles. The van der Waals surface area contributed by atoms with Crippen LogP contribution in [0.2, 0.25) is 0 Å². The molecule has 2 N–H and O–H groups in total. The van der Waals surface area contributed by atoms with Crippen molar-refractivity contribution in [3.8, 4) is 0 Å². The van der Waals surface area contributed by atoms with Crippen molar-refractivity contribution < 1.29 is 9.59 Å². The smallest absolute Gasteiger partial charge is 0.316 e. The van der Waals surface area contributed by atoms with E-state index < -0.39 is 11.8 Å². The van der Waals surface area contributed by atoms with Gasteiger partial charge in [0.05, 0.1) is 0 Å². The molecule has 0 fully saturated rings. The molecule has 0 unspecified atom stereocenters. The van der Waals surface area contributed by atoms with Gasteiger partial charge in [0.25, 0.3) is 0 Å². The number of amides is 2. The first-order valence-corrected chi connectivity index (χ1v) is 3.54. The minimum absolute atomic E-state index is 0.108. The van der Waals surface area contributed by atoms with E-state index in [1.807, 2.05) is 0 Å². The Morgan fingerprint density at radius 1 is 1.23 bits per heavy atom. The Kier molecular flexibility index (Phi) is 2.91. The summed E-state index contributed by atoms with van der Waals surface area (Å²) in [7, 11) is 1.37. The summed E-state index contributed by atoms with van der Waals surface area (Å²) in [6.07, 6.45) is 2.93. The Hall–Kier alpha value is -1.98. The summed E-state index contributed by atoms with van der Waals surface area (Å²) < 4.78 is 0. The largest absolute Gasteiger partial charge is 0.351 e. The van der Waals surface area contributed by atoms with E-state index in [0.29, 0.717) is 0 Å². The Morgan fingerprint density at radius 3 is 2.38 bits per heavy atom. The van der Waals surface area contributed by atoms with E-state index in [9.17, 15) is 9.59 Å². The highest BCUT2D eigenvalue weighted by molar-refractivity contribution is 6.39. The Labute approximate surface area is 74.4 Å². The number of carbonyl (C=O) groups excluding carboxylic acids is 2. The van der Waals surface area contributed by atoms with Crippen molar-refractivity contribution in [3.63, 3.8) is 0 Å². The average Bonchev–Trinajstić information content (AvgIpc) is 2.18. The van der Waals surface area contributed by atoms with Crippen LogP contribution in [0.1, 0.15) is 0 Å². The molecule has 0 aliphatic carbocycles. The molecular formula is C7H8N4O2. The van der Waals surface area contributed by atoms with Gasteiger partial charge in [0, 0.05) is 19.4 Å². The number of rotatable bonds is 1. The third-order valence-electron chi connectivity index (χ3n) is 1.22. The van der Waals surface area contributed by atoms with Crippen molar-refractivity contribution >= 4 is 17.8 Å². The maximum Gasteiger partial charge on any atom is 0.316 e. The monoisotopic (exact) mass is 180 g/mol.